The fraction of sp³-hybridized carbons (Fsp3) is 0.214. The molecule has 2 amide bonds. The van der Waals surface area contributed by atoms with Gasteiger partial charge in [0.05, 0.1) is 0 Å². The lowest BCUT2D eigenvalue weighted by atomic mass is 10.3. The Bertz CT molecular complexity index is 487. The van der Waals surface area contributed by atoms with E-state index < -0.39 is 11.8 Å². The van der Waals surface area contributed by atoms with Crippen molar-refractivity contribution in [3.8, 4) is 0 Å². The van der Waals surface area contributed by atoms with Crippen molar-refractivity contribution in [1.29, 1.82) is 0 Å². The van der Waals surface area contributed by atoms with E-state index in [1.165, 1.54) is 4.90 Å². The minimum Gasteiger partial charge on any atom is -0.327 e. The maximum atomic E-state index is 11.9. The molecular formula is C14H17N3O2. The first-order chi connectivity index (χ1) is 9.08. The molecule has 0 radical (unpaired) electrons. The Hall–Kier alpha value is -2.43. The number of hydrogen-bond acceptors (Lipinski definition) is 3. The van der Waals surface area contributed by atoms with Crippen LogP contribution in [0.5, 0.6) is 0 Å². The highest BCUT2D eigenvalue weighted by Gasteiger charge is 2.20. The van der Waals surface area contributed by atoms with Gasteiger partial charge in [0.25, 0.3) is 0 Å². The zero-order valence-corrected chi connectivity index (χ0v) is 10.9. The first kappa shape index (κ1) is 14.6. The third-order valence-corrected chi connectivity index (χ3v) is 2.34. The van der Waals surface area contributed by atoms with Crippen molar-refractivity contribution in [3.05, 3.63) is 49.2 Å². The van der Waals surface area contributed by atoms with Crippen molar-refractivity contribution in [1.82, 2.24) is 9.88 Å². The Balaban J connectivity index is 2.73. The highest BCUT2D eigenvalue weighted by atomic mass is 16.2. The van der Waals surface area contributed by atoms with Gasteiger partial charge in [-0.05, 0) is 24.6 Å². The zero-order valence-electron chi connectivity index (χ0n) is 10.9. The van der Waals surface area contributed by atoms with Gasteiger partial charge in [-0.15, -0.1) is 13.2 Å². The van der Waals surface area contributed by atoms with Gasteiger partial charge in [0.1, 0.15) is 5.82 Å². The maximum Gasteiger partial charge on any atom is 0.315 e. The summed E-state index contributed by atoms with van der Waals surface area (Å²) in [6.07, 6.45) is 4.68. The van der Waals surface area contributed by atoms with E-state index in [1.807, 2.05) is 6.92 Å². The summed E-state index contributed by atoms with van der Waals surface area (Å²) in [4.78, 5) is 29.0. The second kappa shape index (κ2) is 7.10. The van der Waals surface area contributed by atoms with Crippen molar-refractivity contribution < 1.29 is 9.59 Å². The monoisotopic (exact) mass is 259 g/mol. The Morgan fingerprint density at radius 3 is 2.53 bits per heavy atom. The molecule has 0 saturated heterocycles. The van der Waals surface area contributed by atoms with E-state index in [9.17, 15) is 9.59 Å². The van der Waals surface area contributed by atoms with Gasteiger partial charge in [0.15, 0.2) is 0 Å². The Morgan fingerprint density at radius 2 is 2.00 bits per heavy atom. The third kappa shape index (κ3) is 4.39. The molecular weight excluding hydrogens is 242 g/mol. The van der Waals surface area contributed by atoms with E-state index in [0.717, 1.165) is 5.56 Å². The molecule has 1 aromatic heterocycles. The van der Waals surface area contributed by atoms with Crippen LogP contribution in [-0.4, -0.2) is 34.8 Å². The van der Waals surface area contributed by atoms with Gasteiger partial charge in [-0.1, -0.05) is 12.2 Å². The standard InChI is InChI=1S/C14H17N3O2/c1-4-8-17(9-5-2)14(19)13(18)16-12-10-11(3)6-7-15-12/h4-7,10H,1-2,8-9H2,3H3,(H,15,16,18). The average Bonchev–Trinajstić information content (AvgIpc) is 2.37. The number of aryl methyl sites for hydroxylation is 1. The van der Waals surface area contributed by atoms with Crippen molar-refractivity contribution in [2.24, 2.45) is 0 Å². The SMILES string of the molecule is C=CCN(CC=C)C(=O)C(=O)Nc1cc(C)ccn1. The van der Waals surface area contributed by atoms with E-state index >= 15 is 0 Å². The summed E-state index contributed by atoms with van der Waals surface area (Å²) in [5.41, 5.74) is 0.951. The van der Waals surface area contributed by atoms with Crippen LogP contribution in [0, 0.1) is 6.92 Å². The Labute approximate surface area is 112 Å². The average molecular weight is 259 g/mol. The summed E-state index contributed by atoms with van der Waals surface area (Å²) >= 11 is 0. The minimum atomic E-state index is -0.721. The smallest absolute Gasteiger partial charge is 0.315 e. The summed E-state index contributed by atoms with van der Waals surface area (Å²) in [6, 6.07) is 3.50. The number of hydrogen-bond donors (Lipinski definition) is 1. The van der Waals surface area contributed by atoms with Crippen LogP contribution in [0.2, 0.25) is 0 Å². The molecule has 0 saturated carbocycles. The normalized spacial score (nSPS) is 9.53. The minimum absolute atomic E-state index is 0.291. The topological polar surface area (TPSA) is 62.3 Å². The van der Waals surface area contributed by atoms with E-state index in [0.29, 0.717) is 18.9 Å². The highest BCUT2D eigenvalue weighted by molar-refractivity contribution is 6.39. The van der Waals surface area contributed by atoms with Crippen LogP contribution in [0.1, 0.15) is 5.56 Å². The molecule has 0 unspecified atom stereocenters. The van der Waals surface area contributed by atoms with E-state index in [-0.39, 0.29) is 0 Å². The quantitative estimate of drug-likeness (QED) is 0.644. The number of pyridine rings is 1. The summed E-state index contributed by atoms with van der Waals surface area (Å²) < 4.78 is 0. The van der Waals surface area contributed by atoms with E-state index in [2.05, 4.69) is 23.5 Å². The molecule has 0 spiro atoms. The molecule has 0 aliphatic rings. The third-order valence-electron chi connectivity index (χ3n) is 2.34. The van der Waals surface area contributed by atoms with Gasteiger partial charge >= 0.3 is 11.8 Å². The number of nitrogens with one attached hydrogen (secondary N) is 1. The van der Waals surface area contributed by atoms with E-state index in [4.69, 9.17) is 0 Å². The lowest BCUT2D eigenvalue weighted by Gasteiger charge is -2.18. The molecule has 1 heterocycles. The molecule has 5 nitrogen and oxygen atoms in total. The van der Waals surface area contributed by atoms with Crippen molar-refractivity contribution in [2.75, 3.05) is 18.4 Å². The van der Waals surface area contributed by atoms with Crippen molar-refractivity contribution >= 4 is 17.6 Å². The predicted octanol–water partition coefficient (Wildman–Crippen LogP) is 1.53. The number of carbonyl (C=O) groups excluding carboxylic acids is 2. The van der Waals surface area contributed by atoms with Crippen LogP contribution in [0.4, 0.5) is 5.82 Å². The van der Waals surface area contributed by atoms with Crippen LogP contribution in [0.15, 0.2) is 43.6 Å². The summed E-state index contributed by atoms with van der Waals surface area (Å²) in [7, 11) is 0. The molecule has 0 aromatic carbocycles. The molecule has 0 atom stereocenters. The number of aromatic nitrogens is 1. The number of rotatable bonds is 5. The molecule has 1 aromatic rings. The van der Waals surface area contributed by atoms with Gasteiger partial charge < -0.3 is 10.2 Å². The molecule has 0 aliphatic heterocycles. The Morgan fingerprint density at radius 1 is 1.37 bits per heavy atom. The molecule has 19 heavy (non-hydrogen) atoms. The summed E-state index contributed by atoms with van der Waals surface area (Å²) in [5, 5.41) is 2.47. The summed E-state index contributed by atoms with van der Waals surface area (Å²) in [5.74, 6) is -1.000. The lowest BCUT2D eigenvalue weighted by Crippen LogP contribution is -2.40. The maximum absolute atomic E-state index is 11.9. The van der Waals surface area contributed by atoms with E-state index in [1.54, 1.807) is 30.5 Å². The molecule has 5 heteroatoms. The molecule has 0 fully saturated rings. The summed E-state index contributed by atoms with van der Waals surface area (Å²) in [6.45, 7) is 9.55. The molecule has 1 N–H and O–H groups in total. The second-order valence-electron chi connectivity index (χ2n) is 3.96. The van der Waals surface area contributed by atoms with Gasteiger partial charge in [-0.25, -0.2) is 4.98 Å². The Kier molecular flexibility index (Phi) is 5.47. The first-order valence-corrected chi connectivity index (χ1v) is 5.83. The first-order valence-electron chi connectivity index (χ1n) is 5.83. The van der Waals surface area contributed by atoms with Gasteiger partial charge in [0.2, 0.25) is 0 Å². The van der Waals surface area contributed by atoms with Crippen LogP contribution in [0.3, 0.4) is 0 Å². The number of carbonyl (C=O) groups is 2. The van der Waals surface area contributed by atoms with Gasteiger partial charge in [-0.2, -0.15) is 0 Å². The van der Waals surface area contributed by atoms with Gasteiger partial charge in [0, 0.05) is 19.3 Å². The molecule has 100 valence electrons. The highest BCUT2D eigenvalue weighted by Crippen LogP contribution is 2.05. The van der Waals surface area contributed by atoms with Crippen LogP contribution >= 0.6 is 0 Å². The molecule has 0 bridgehead atoms. The predicted molar refractivity (Wildman–Crippen MR) is 74.6 cm³/mol. The van der Waals surface area contributed by atoms with Crippen molar-refractivity contribution in [2.45, 2.75) is 6.92 Å². The number of amides is 2. The molecule has 1 rings (SSSR count). The second-order valence-corrected chi connectivity index (χ2v) is 3.96. The lowest BCUT2D eigenvalue weighted by molar-refractivity contribution is -0.142. The molecule has 0 aliphatic carbocycles. The van der Waals surface area contributed by atoms with Crippen LogP contribution in [0.25, 0.3) is 0 Å². The fourth-order valence-electron chi connectivity index (χ4n) is 1.47. The fourth-order valence-corrected chi connectivity index (χ4v) is 1.47. The van der Waals surface area contributed by atoms with Crippen LogP contribution < -0.4 is 5.32 Å². The van der Waals surface area contributed by atoms with Crippen molar-refractivity contribution in [3.63, 3.8) is 0 Å². The van der Waals surface area contributed by atoms with Crippen LogP contribution in [-0.2, 0) is 9.59 Å². The largest absolute Gasteiger partial charge is 0.327 e. The zero-order chi connectivity index (χ0) is 14.3. The number of nitrogens with zero attached hydrogens (tertiary/aromatic N) is 2. The van der Waals surface area contributed by atoms with Gasteiger partial charge in [-0.3, -0.25) is 9.59 Å². The number of anilines is 1.